The van der Waals surface area contributed by atoms with Gasteiger partial charge in [-0.2, -0.15) is 5.10 Å². The van der Waals surface area contributed by atoms with Gasteiger partial charge in [0.2, 0.25) is 0 Å². The standard InChI is InChI=1S/C14H19N5/c1-3-11-8-12(4-2)19(18-11)9-10-5-6-17-13(7-10)14(15)16/h5-8H,3-4,9H2,1-2H3,(H3,15,16). The number of aryl methyl sites for hydroxylation is 2. The van der Waals surface area contributed by atoms with E-state index in [1.54, 1.807) is 6.20 Å². The highest BCUT2D eigenvalue weighted by Gasteiger charge is 2.07. The zero-order chi connectivity index (χ0) is 13.8. The molecule has 100 valence electrons. The molecule has 0 aliphatic heterocycles. The number of rotatable bonds is 5. The van der Waals surface area contributed by atoms with Gasteiger partial charge in [-0.15, -0.1) is 0 Å². The van der Waals surface area contributed by atoms with E-state index in [1.807, 2.05) is 16.8 Å². The molecule has 2 heterocycles. The molecule has 0 atom stereocenters. The second kappa shape index (κ2) is 5.65. The highest BCUT2D eigenvalue weighted by atomic mass is 15.3. The fourth-order valence-electron chi connectivity index (χ4n) is 2.00. The zero-order valence-corrected chi connectivity index (χ0v) is 11.3. The Kier molecular flexibility index (Phi) is 3.94. The van der Waals surface area contributed by atoms with Crippen LogP contribution in [0.3, 0.4) is 0 Å². The molecule has 0 spiro atoms. The minimum Gasteiger partial charge on any atom is -0.382 e. The number of nitrogens with zero attached hydrogens (tertiary/aromatic N) is 3. The van der Waals surface area contributed by atoms with Crippen molar-refractivity contribution in [2.45, 2.75) is 33.2 Å². The lowest BCUT2D eigenvalue weighted by molar-refractivity contribution is 0.640. The molecule has 19 heavy (non-hydrogen) atoms. The minimum atomic E-state index is -0.00715. The predicted octanol–water partition coefficient (Wildman–Crippen LogP) is 1.74. The van der Waals surface area contributed by atoms with Crippen molar-refractivity contribution in [3.63, 3.8) is 0 Å². The molecule has 0 aliphatic carbocycles. The molecule has 5 heteroatoms. The van der Waals surface area contributed by atoms with Gasteiger partial charge < -0.3 is 5.73 Å². The summed E-state index contributed by atoms with van der Waals surface area (Å²) in [4.78, 5) is 4.07. The van der Waals surface area contributed by atoms with E-state index in [1.165, 1.54) is 5.69 Å². The van der Waals surface area contributed by atoms with Gasteiger partial charge in [0, 0.05) is 11.9 Å². The van der Waals surface area contributed by atoms with Crippen LogP contribution in [0.4, 0.5) is 0 Å². The van der Waals surface area contributed by atoms with E-state index in [0.717, 1.165) is 24.1 Å². The third kappa shape index (κ3) is 2.99. The number of aromatic nitrogens is 3. The first-order valence-electron chi connectivity index (χ1n) is 6.49. The summed E-state index contributed by atoms with van der Waals surface area (Å²) in [6.45, 7) is 4.92. The van der Waals surface area contributed by atoms with E-state index in [0.29, 0.717) is 12.2 Å². The van der Waals surface area contributed by atoms with E-state index in [2.05, 4.69) is 30.0 Å². The molecule has 0 unspecified atom stereocenters. The topological polar surface area (TPSA) is 80.6 Å². The molecule has 0 bridgehead atoms. The second-order valence-corrected chi connectivity index (χ2v) is 4.45. The first-order valence-corrected chi connectivity index (χ1v) is 6.49. The SMILES string of the molecule is CCc1cc(CC)n(Cc2ccnc(C(=N)N)c2)n1. The maximum atomic E-state index is 7.42. The number of pyridine rings is 1. The summed E-state index contributed by atoms with van der Waals surface area (Å²) in [6, 6.07) is 5.92. The van der Waals surface area contributed by atoms with Crippen molar-refractivity contribution >= 4 is 5.84 Å². The Labute approximate surface area is 113 Å². The first-order chi connectivity index (χ1) is 9.13. The number of hydrogen-bond donors (Lipinski definition) is 2. The summed E-state index contributed by atoms with van der Waals surface area (Å²) in [5, 5.41) is 12.0. The maximum Gasteiger partial charge on any atom is 0.141 e. The van der Waals surface area contributed by atoms with Gasteiger partial charge in [0.25, 0.3) is 0 Å². The third-order valence-corrected chi connectivity index (χ3v) is 3.07. The summed E-state index contributed by atoms with van der Waals surface area (Å²) >= 11 is 0. The molecule has 0 radical (unpaired) electrons. The van der Waals surface area contributed by atoms with Crippen LogP contribution in [0.15, 0.2) is 24.4 Å². The van der Waals surface area contributed by atoms with Crippen LogP contribution in [-0.4, -0.2) is 20.6 Å². The molecule has 2 aromatic heterocycles. The van der Waals surface area contributed by atoms with Crippen LogP contribution >= 0.6 is 0 Å². The van der Waals surface area contributed by atoms with Gasteiger partial charge in [0.05, 0.1) is 12.2 Å². The summed E-state index contributed by atoms with van der Waals surface area (Å²) in [5.74, 6) is -0.00715. The molecular formula is C14H19N5. The highest BCUT2D eigenvalue weighted by Crippen LogP contribution is 2.10. The van der Waals surface area contributed by atoms with E-state index >= 15 is 0 Å². The average Bonchev–Trinajstić information content (AvgIpc) is 2.81. The summed E-state index contributed by atoms with van der Waals surface area (Å²) in [5.41, 5.74) is 9.35. The lowest BCUT2D eigenvalue weighted by atomic mass is 10.2. The van der Waals surface area contributed by atoms with Crippen LogP contribution in [0.2, 0.25) is 0 Å². The molecule has 0 saturated carbocycles. The zero-order valence-electron chi connectivity index (χ0n) is 11.3. The molecule has 2 aromatic rings. The lowest BCUT2D eigenvalue weighted by Gasteiger charge is -2.07. The monoisotopic (exact) mass is 257 g/mol. The maximum absolute atomic E-state index is 7.42. The van der Waals surface area contributed by atoms with Gasteiger partial charge >= 0.3 is 0 Å². The number of nitrogen functional groups attached to an aromatic ring is 1. The van der Waals surface area contributed by atoms with Gasteiger partial charge in [-0.25, -0.2) is 0 Å². The fraction of sp³-hybridized carbons (Fsp3) is 0.357. The van der Waals surface area contributed by atoms with E-state index in [4.69, 9.17) is 11.1 Å². The Bertz CT molecular complexity index is 585. The number of hydrogen-bond acceptors (Lipinski definition) is 3. The van der Waals surface area contributed by atoms with Gasteiger partial charge in [-0.05, 0) is 36.6 Å². The molecule has 5 nitrogen and oxygen atoms in total. The minimum absolute atomic E-state index is 0.00715. The average molecular weight is 257 g/mol. The van der Waals surface area contributed by atoms with Crippen LogP contribution in [-0.2, 0) is 19.4 Å². The van der Waals surface area contributed by atoms with Crippen LogP contribution in [0.25, 0.3) is 0 Å². The molecule has 0 amide bonds. The van der Waals surface area contributed by atoms with Crippen molar-refractivity contribution in [2.24, 2.45) is 5.73 Å². The van der Waals surface area contributed by atoms with Gasteiger partial charge in [-0.3, -0.25) is 15.1 Å². The van der Waals surface area contributed by atoms with E-state index in [9.17, 15) is 0 Å². The summed E-state index contributed by atoms with van der Waals surface area (Å²) < 4.78 is 2.01. The fourth-order valence-corrected chi connectivity index (χ4v) is 2.00. The Hall–Kier alpha value is -2.17. The van der Waals surface area contributed by atoms with Gasteiger partial charge in [-0.1, -0.05) is 13.8 Å². The molecule has 0 aromatic carbocycles. The Morgan fingerprint density at radius 2 is 2.11 bits per heavy atom. The van der Waals surface area contributed by atoms with Crippen LogP contribution in [0.5, 0.6) is 0 Å². The van der Waals surface area contributed by atoms with Gasteiger partial charge in [0.1, 0.15) is 11.5 Å². The highest BCUT2D eigenvalue weighted by molar-refractivity contribution is 5.93. The van der Waals surface area contributed by atoms with Crippen LogP contribution in [0.1, 0.15) is 36.5 Å². The normalized spacial score (nSPS) is 10.6. The summed E-state index contributed by atoms with van der Waals surface area (Å²) in [6.07, 6.45) is 3.58. The lowest BCUT2D eigenvalue weighted by Crippen LogP contribution is -2.14. The van der Waals surface area contributed by atoms with Crippen molar-refractivity contribution in [3.05, 3.63) is 47.0 Å². The van der Waals surface area contributed by atoms with Crippen molar-refractivity contribution in [1.82, 2.24) is 14.8 Å². The number of nitrogens with two attached hydrogens (primary N) is 1. The van der Waals surface area contributed by atoms with Crippen molar-refractivity contribution in [3.8, 4) is 0 Å². The van der Waals surface area contributed by atoms with E-state index < -0.39 is 0 Å². The quantitative estimate of drug-likeness (QED) is 0.632. The Morgan fingerprint density at radius 3 is 2.74 bits per heavy atom. The molecule has 2 rings (SSSR count). The smallest absolute Gasteiger partial charge is 0.141 e. The largest absolute Gasteiger partial charge is 0.382 e. The van der Waals surface area contributed by atoms with Crippen molar-refractivity contribution in [2.75, 3.05) is 0 Å². The number of amidine groups is 1. The predicted molar refractivity (Wildman–Crippen MR) is 75.3 cm³/mol. The van der Waals surface area contributed by atoms with Crippen molar-refractivity contribution < 1.29 is 0 Å². The van der Waals surface area contributed by atoms with Gasteiger partial charge in [0.15, 0.2) is 0 Å². The summed E-state index contributed by atoms with van der Waals surface area (Å²) in [7, 11) is 0. The molecule has 0 saturated heterocycles. The molecule has 3 N–H and O–H groups in total. The number of nitrogens with one attached hydrogen (secondary N) is 1. The first kappa shape index (κ1) is 13.3. The molecule has 0 aliphatic rings. The Balaban J connectivity index is 2.27. The third-order valence-electron chi connectivity index (χ3n) is 3.07. The molecular weight excluding hydrogens is 238 g/mol. The Morgan fingerprint density at radius 1 is 1.32 bits per heavy atom. The van der Waals surface area contributed by atoms with Crippen molar-refractivity contribution in [1.29, 1.82) is 5.41 Å². The van der Waals surface area contributed by atoms with Crippen LogP contribution in [0, 0.1) is 5.41 Å². The van der Waals surface area contributed by atoms with Crippen LogP contribution < -0.4 is 5.73 Å². The van der Waals surface area contributed by atoms with E-state index in [-0.39, 0.29) is 5.84 Å². The second-order valence-electron chi connectivity index (χ2n) is 4.45. The molecule has 0 fully saturated rings.